The molecule has 2 aromatic rings. The average molecular weight is 317 g/mol. The summed E-state index contributed by atoms with van der Waals surface area (Å²) in [5.74, 6) is -0.643. The number of nitrogens with zero attached hydrogens (tertiary/aromatic N) is 3. The van der Waals surface area contributed by atoms with Gasteiger partial charge in [0.1, 0.15) is 5.69 Å². The van der Waals surface area contributed by atoms with Crippen LogP contribution in [0.2, 0.25) is 0 Å². The normalized spacial score (nSPS) is 10.1. The SMILES string of the molecule is CC(=O)NCCNC(=O)c1ccc(-n2ccnc2)c([N+](=O)[O-])c1. The lowest BCUT2D eigenvalue weighted by atomic mass is 10.1. The number of hydrogen-bond donors (Lipinski definition) is 2. The van der Waals surface area contributed by atoms with Gasteiger partial charge in [0.25, 0.3) is 11.6 Å². The fourth-order valence-electron chi connectivity index (χ4n) is 1.95. The number of nitro benzene ring substituents is 1. The Bertz CT molecular complexity index is 727. The number of aromatic nitrogens is 2. The molecule has 0 saturated heterocycles. The van der Waals surface area contributed by atoms with Gasteiger partial charge in [0.05, 0.1) is 11.3 Å². The van der Waals surface area contributed by atoms with Crippen LogP contribution in [0.5, 0.6) is 0 Å². The first kappa shape index (κ1) is 16.1. The summed E-state index contributed by atoms with van der Waals surface area (Å²) in [5.41, 5.74) is 0.295. The van der Waals surface area contributed by atoms with Crippen molar-refractivity contribution >= 4 is 17.5 Å². The summed E-state index contributed by atoms with van der Waals surface area (Å²) in [6.45, 7) is 1.89. The minimum Gasteiger partial charge on any atom is -0.355 e. The molecule has 23 heavy (non-hydrogen) atoms. The topological polar surface area (TPSA) is 119 Å². The van der Waals surface area contributed by atoms with Crippen molar-refractivity contribution < 1.29 is 14.5 Å². The molecule has 2 amide bonds. The Hall–Kier alpha value is -3.23. The summed E-state index contributed by atoms with van der Waals surface area (Å²) in [6, 6.07) is 4.20. The molecule has 2 rings (SSSR count). The first-order chi connectivity index (χ1) is 11.0. The Balaban J connectivity index is 2.14. The molecular weight excluding hydrogens is 302 g/mol. The molecule has 1 aromatic heterocycles. The van der Waals surface area contributed by atoms with Crippen molar-refractivity contribution in [2.24, 2.45) is 0 Å². The van der Waals surface area contributed by atoms with Crippen LogP contribution >= 0.6 is 0 Å². The van der Waals surface area contributed by atoms with E-state index in [1.165, 1.54) is 42.2 Å². The van der Waals surface area contributed by atoms with Gasteiger partial charge >= 0.3 is 0 Å². The van der Waals surface area contributed by atoms with Crippen LogP contribution in [0.3, 0.4) is 0 Å². The van der Waals surface area contributed by atoms with Gasteiger partial charge in [-0.1, -0.05) is 0 Å². The van der Waals surface area contributed by atoms with Gasteiger partial charge in [0, 0.05) is 44.0 Å². The average Bonchev–Trinajstić information content (AvgIpc) is 3.04. The van der Waals surface area contributed by atoms with Crippen LogP contribution < -0.4 is 10.6 Å². The number of benzene rings is 1. The fraction of sp³-hybridized carbons (Fsp3) is 0.214. The van der Waals surface area contributed by atoms with Crippen LogP contribution in [0.25, 0.3) is 5.69 Å². The molecule has 9 heteroatoms. The molecule has 0 aliphatic carbocycles. The number of amides is 2. The molecule has 0 unspecified atom stereocenters. The van der Waals surface area contributed by atoms with Crippen LogP contribution in [-0.2, 0) is 4.79 Å². The molecule has 0 spiro atoms. The number of carbonyl (C=O) groups excluding carboxylic acids is 2. The van der Waals surface area contributed by atoms with E-state index in [1.54, 1.807) is 6.20 Å². The van der Waals surface area contributed by atoms with Gasteiger partial charge in [0.2, 0.25) is 5.91 Å². The minimum absolute atomic E-state index is 0.170. The maximum absolute atomic E-state index is 12.0. The number of carbonyl (C=O) groups is 2. The Morgan fingerprint density at radius 1 is 1.30 bits per heavy atom. The van der Waals surface area contributed by atoms with Gasteiger partial charge in [-0.05, 0) is 12.1 Å². The van der Waals surface area contributed by atoms with Crippen molar-refractivity contribution in [2.45, 2.75) is 6.92 Å². The zero-order valence-electron chi connectivity index (χ0n) is 12.4. The van der Waals surface area contributed by atoms with Crippen LogP contribution in [0, 0.1) is 10.1 Å². The molecule has 0 atom stereocenters. The highest BCUT2D eigenvalue weighted by Gasteiger charge is 2.18. The van der Waals surface area contributed by atoms with Crippen LogP contribution in [0.1, 0.15) is 17.3 Å². The van der Waals surface area contributed by atoms with E-state index in [4.69, 9.17) is 0 Å². The maximum Gasteiger partial charge on any atom is 0.294 e. The summed E-state index contributed by atoms with van der Waals surface area (Å²) in [7, 11) is 0. The predicted octanol–water partition coefficient (Wildman–Crippen LogP) is 0.646. The first-order valence-corrected chi connectivity index (χ1v) is 6.78. The quantitative estimate of drug-likeness (QED) is 0.460. The minimum atomic E-state index is -0.552. The molecule has 120 valence electrons. The Labute approximate surface area is 131 Å². The molecule has 9 nitrogen and oxygen atoms in total. The fourth-order valence-corrected chi connectivity index (χ4v) is 1.95. The van der Waals surface area contributed by atoms with Crippen LogP contribution in [-0.4, -0.2) is 39.4 Å². The van der Waals surface area contributed by atoms with Crippen molar-refractivity contribution in [1.82, 2.24) is 20.2 Å². The molecule has 0 saturated carbocycles. The Morgan fingerprint density at radius 3 is 2.65 bits per heavy atom. The van der Waals surface area contributed by atoms with Gasteiger partial charge in [0.15, 0.2) is 0 Å². The summed E-state index contributed by atoms with van der Waals surface area (Å²) in [4.78, 5) is 37.2. The summed E-state index contributed by atoms with van der Waals surface area (Å²) >= 11 is 0. The molecule has 0 aliphatic rings. The second-order valence-corrected chi connectivity index (χ2v) is 4.67. The van der Waals surface area contributed by atoms with E-state index in [0.29, 0.717) is 5.69 Å². The van der Waals surface area contributed by atoms with E-state index >= 15 is 0 Å². The molecule has 1 heterocycles. The number of imidazole rings is 1. The van der Waals surface area contributed by atoms with E-state index in [0.717, 1.165) is 0 Å². The molecule has 0 bridgehead atoms. The number of nitro groups is 1. The van der Waals surface area contributed by atoms with Gasteiger partial charge < -0.3 is 15.2 Å². The Morgan fingerprint density at radius 2 is 2.04 bits per heavy atom. The van der Waals surface area contributed by atoms with Gasteiger partial charge in [-0.3, -0.25) is 19.7 Å². The number of hydrogen-bond acceptors (Lipinski definition) is 5. The largest absolute Gasteiger partial charge is 0.355 e. The van der Waals surface area contributed by atoms with Crippen LogP contribution in [0.4, 0.5) is 5.69 Å². The number of rotatable bonds is 6. The van der Waals surface area contributed by atoms with E-state index in [9.17, 15) is 19.7 Å². The van der Waals surface area contributed by atoms with Crippen molar-refractivity contribution in [3.05, 3.63) is 52.6 Å². The van der Waals surface area contributed by atoms with Crippen molar-refractivity contribution in [2.75, 3.05) is 13.1 Å². The lowest BCUT2D eigenvalue weighted by Crippen LogP contribution is -2.33. The second kappa shape index (κ2) is 7.16. The van der Waals surface area contributed by atoms with Crippen molar-refractivity contribution in [3.63, 3.8) is 0 Å². The smallest absolute Gasteiger partial charge is 0.294 e. The highest BCUT2D eigenvalue weighted by molar-refractivity contribution is 5.95. The van der Waals surface area contributed by atoms with E-state index in [-0.39, 0.29) is 30.2 Å². The number of nitrogens with one attached hydrogen (secondary N) is 2. The van der Waals surface area contributed by atoms with Gasteiger partial charge in [-0.25, -0.2) is 4.98 Å². The zero-order valence-corrected chi connectivity index (χ0v) is 12.4. The second-order valence-electron chi connectivity index (χ2n) is 4.67. The maximum atomic E-state index is 12.0. The predicted molar refractivity (Wildman–Crippen MR) is 81.2 cm³/mol. The highest BCUT2D eigenvalue weighted by atomic mass is 16.6. The molecule has 2 N–H and O–H groups in total. The van der Waals surface area contributed by atoms with Gasteiger partial charge in [-0.2, -0.15) is 0 Å². The molecule has 0 aliphatic heterocycles. The lowest BCUT2D eigenvalue weighted by Gasteiger charge is -2.08. The molecule has 1 aromatic carbocycles. The van der Waals surface area contributed by atoms with Crippen LogP contribution in [0.15, 0.2) is 36.9 Å². The van der Waals surface area contributed by atoms with E-state index in [1.807, 2.05) is 0 Å². The third kappa shape index (κ3) is 4.13. The summed E-state index contributed by atoms with van der Waals surface area (Å²) < 4.78 is 1.50. The van der Waals surface area contributed by atoms with E-state index in [2.05, 4.69) is 15.6 Å². The Kier molecular flexibility index (Phi) is 5.03. The monoisotopic (exact) mass is 317 g/mol. The molecule has 0 fully saturated rings. The third-order valence-corrected chi connectivity index (χ3v) is 3.00. The van der Waals surface area contributed by atoms with E-state index < -0.39 is 10.8 Å². The molecule has 0 radical (unpaired) electrons. The molecular formula is C14H15N5O4. The zero-order chi connectivity index (χ0) is 16.8. The van der Waals surface area contributed by atoms with Crippen molar-refractivity contribution in [1.29, 1.82) is 0 Å². The summed E-state index contributed by atoms with van der Waals surface area (Å²) in [6.07, 6.45) is 4.53. The lowest BCUT2D eigenvalue weighted by molar-refractivity contribution is -0.384. The summed E-state index contributed by atoms with van der Waals surface area (Å²) in [5, 5.41) is 16.3. The highest BCUT2D eigenvalue weighted by Crippen LogP contribution is 2.24. The van der Waals surface area contributed by atoms with Gasteiger partial charge in [-0.15, -0.1) is 0 Å². The van der Waals surface area contributed by atoms with Crippen molar-refractivity contribution in [3.8, 4) is 5.69 Å². The standard InChI is InChI=1S/C14H15N5O4/c1-10(20)16-4-5-17-14(21)11-2-3-12(13(8-11)19(22)23)18-7-6-15-9-18/h2-3,6-9H,4-5H2,1H3,(H,16,20)(H,17,21). The third-order valence-electron chi connectivity index (χ3n) is 3.00. The first-order valence-electron chi connectivity index (χ1n) is 6.78.